The minimum atomic E-state index is -0.920. The first-order valence-electron chi connectivity index (χ1n) is 17.6. The minimum Gasteiger partial charge on any atom is -0.444 e. The average Bonchev–Trinajstić information content (AvgIpc) is 3.43. The second kappa shape index (κ2) is 17.6. The summed E-state index contributed by atoms with van der Waals surface area (Å²) in [4.78, 5) is 58.1. The number of ether oxygens (including phenoxy) is 1. The van der Waals surface area contributed by atoms with Crippen LogP contribution in [0.2, 0.25) is 0 Å². The second-order valence-corrected chi connectivity index (χ2v) is 15.4. The molecule has 0 bridgehead atoms. The zero-order chi connectivity index (χ0) is 39.0. The highest BCUT2D eigenvalue weighted by molar-refractivity contribution is 5.91. The van der Waals surface area contributed by atoms with Gasteiger partial charge in [-0.05, 0) is 69.2 Å². The van der Waals surface area contributed by atoms with E-state index < -0.39 is 58.7 Å². The predicted molar refractivity (Wildman–Crippen MR) is 196 cm³/mol. The maximum Gasteiger partial charge on any atom is 0.408 e. The average molecular weight is 725 g/mol. The zero-order valence-corrected chi connectivity index (χ0v) is 32.0. The maximum atomic E-state index is 15.0. The zero-order valence-electron chi connectivity index (χ0n) is 32.0. The molecule has 3 unspecified atom stereocenters. The standard InChI is InChI=1S/C39H54F2N6O5/c1-24(2)32(45-37(51)52-39(8,9)10)36(50)43-25(3)35(49)42-19-14-20-47(26(4)48)33(38(5,6)7)34-44-31(29-21-28(40)17-18-30(29)41)23-46(34)22-27-15-12-11-13-16-27/h11-13,15-18,21,23-25,32-33H,14,19-20,22H2,1-10H3,(H,42,49)(H,43,50)(H,45,51). The molecule has 3 N–H and O–H groups in total. The van der Waals surface area contributed by atoms with Crippen LogP contribution in [-0.4, -0.2) is 69.0 Å². The lowest BCUT2D eigenvalue weighted by Crippen LogP contribution is -2.55. The van der Waals surface area contributed by atoms with E-state index in [1.54, 1.807) is 52.6 Å². The van der Waals surface area contributed by atoms with Crippen molar-refractivity contribution in [2.24, 2.45) is 11.3 Å². The molecule has 0 aliphatic rings. The van der Waals surface area contributed by atoms with Crippen LogP contribution < -0.4 is 16.0 Å². The normalized spacial score (nSPS) is 13.6. The van der Waals surface area contributed by atoms with Crippen molar-refractivity contribution < 1.29 is 32.7 Å². The Bertz CT molecular complexity index is 1700. The quantitative estimate of drug-likeness (QED) is 0.166. The molecule has 52 heavy (non-hydrogen) atoms. The van der Waals surface area contributed by atoms with Gasteiger partial charge in [0.25, 0.3) is 0 Å². The van der Waals surface area contributed by atoms with Gasteiger partial charge in [0.1, 0.15) is 35.1 Å². The van der Waals surface area contributed by atoms with Crippen LogP contribution in [0.5, 0.6) is 0 Å². The fraction of sp³-hybridized carbons (Fsp3) is 0.513. The van der Waals surface area contributed by atoms with Crippen LogP contribution in [-0.2, 0) is 25.7 Å². The number of hydrogen-bond acceptors (Lipinski definition) is 6. The molecule has 4 amide bonds. The van der Waals surface area contributed by atoms with Gasteiger partial charge in [0, 0.05) is 38.3 Å². The Morgan fingerprint density at radius 2 is 1.58 bits per heavy atom. The summed E-state index contributed by atoms with van der Waals surface area (Å²) in [5.74, 6) is -2.17. The van der Waals surface area contributed by atoms with Crippen LogP contribution in [0.25, 0.3) is 11.3 Å². The first-order valence-corrected chi connectivity index (χ1v) is 17.6. The molecule has 2 aromatic carbocycles. The third-order valence-electron chi connectivity index (χ3n) is 8.24. The number of carbonyl (C=O) groups excluding carboxylic acids is 4. The number of halogens is 2. The molecule has 13 heteroatoms. The van der Waals surface area contributed by atoms with Gasteiger partial charge < -0.3 is 30.2 Å². The van der Waals surface area contributed by atoms with E-state index in [-0.39, 0.29) is 36.2 Å². The number of alkyl carbamates (subject to hydrolysis) is 1. The summed E-state index contributed by atoms with van der Waals surface area (Å²) in [7, 11) is 0. The van der Waals surface area contributed by atoms with Crippen molar-refractivity contribution in [3.8, 4) is 11.3 Å². The molecular formula is C39H54F2N6O5. The smallest absolute Gasteiger partial charge is 0.408 e. The van der Waals surface area contributed by atoms with Gasteiger partial charge >= 0.3 is 6.09 Å². The highest BCUT2D eigenvalue weighted by Gasteiger charge is 2.37. The van der Waals surface area contributed by atoms with E-state index in [0.717, 1.165) is 23.8 Å². The van der Waals surface area contributed by atoms with Gasteiger partial charge in [0.15, 0.2) is 0 Å². The second-order valence-electron chi connectivity index (χ2n) is 15.4. The van der Waals surface area contributed by atoms with Crippen LogP contribution in [0, 0.1) is 23.0 Å². The predicted octanol–water partition coefficient (Wildman–Crippen LogP) is 6.37. The summed E-state index contributed by atoms with van der Waals surface area (Å²) >= 11 is 0. The van der Waals surface area contributed by atoms with E-state index in [9.17, 15) is 28.0 Å². The molecule has 0 radical (unpaired) electrons. The summed E-state index contributed by atoms with van der Waals surface area (Å²) in [6.45, 7) is 18.5. The topological polar surface area (TPSA) is 135 Å². The molecule has 284 valence electrons. The van der Waals surface area contributed by atoms with E-state index in [2.05, 4.69) is 16.0 Å². The van der Waals surface area contributed by atoms with E-state index >= 15 is 0 Å². The van der Waals surface area contributed by atoms with Crippen LogP contribution in [0.3, 0.4) is 0 Å². The Balaban J connectivity index is 1.78. The number of hydrogen-bond donors (Lipinski definition) is 3. The molecule has 3 rings (SSSR count). The van der Waals surface area contributed by atoms with Crippen molar-refractivity contribution in [1.29, 1.82) is 0 Å². The van der Waals surface area contributed by atoms with Crippen LogP contribution in [0.4, 0.5) is 13.6 Å². The first-order chi connectivity index (χ1) is 24.2. The third-order valence-corrected chi connectivity index (χ3v) is 8.24. The Labute approximate surface area is 305 Å². The van der Waals surface area contributed by atoms with Gasteiger partial charge in [0.2, 0.25) is 17.7 Å². The Kier molecular flexibility index (Phi) is 14.1. The van der Waals surface area contributed by atoms with Crippen molar-refractivity contribution in [3.63, 3.8) is 0 Å². The fourth-order valence-electron chi connectivity index (χ4n) is 5.79. The summed E-state index contributed by atoms with van der Waals surface area (Å²) in [6, 6.07) is 10.4. The van der Waals surface area contributed by atoms with Crippen molar-refractivity contribution >= 4 is 23.8 Å². The van der Waals surface area contributed by atoms with Crippen LogP contribution in [0.1, 0.15) is 93.1 Å². The van der Waals surface area contributed by atoms with Gasteiger partial charge in [-0.1, -0.05) is 65.0 Å². The number of aromatic nitrogens is 2. The lowest BCUT2D eigenvalue weighted by molar-refractivity contribution is -0.134. The van der Waals surface area contributed by atoms with Crippen molar-refractivity contribution in [3.05, 3.63) is 77.8 Å². The van der Waals surface area contributed by atoms with E-state index in [0.29, 0.717) is 18.8 Å². The summed E-state index contributed by atoms with van der Waals surface area (Å²) < 4.78 is 36.4. The first kappa shape index (κ1) is 41.6. The lowest BCUT2D eigenvalue weighted by Gasteiger charge is -2.39. The highest BCUT2D eigenvalue weighted by Crippen LogP contribution is 2.39. The Hall–Kier alpha value is -4.81. The summed E-state index contributed by atoms with van der Waals surface area (Å²) in [5.41, 5.74) is -0.0806. The fourth-order valence-corrected chi connectivity index (χ4v) is 5.79. The highest BCUT2D eigenvalue weighted by atomic mass is 19.1. The van der Waals surface area contributed by atoms with Gasteiger partial charge in [-0.15, -0.1) is 0 Å². The number of nitrogens with zero attached hydrogens (tertiary/aromatic N) is 3. The molecule has 0 aliphatic carbocycles. The van der Waals surface area contributed by atoms with Crippen molar-refractivity contribution in [1.82, 2.24) is 30.4 Å². The number of benzene rings is 2. The SMILES string of the molecule is CC(=O)N(CCCNC(=O)C(C)NC(=O)C(NC(=O)OC(C)(C)C)C(C)C)C(c1nc(-c2cc(F)ccc2F)cn1Cc1ccccc1)C(C)(C)C. The molecule has 3 atom stereocenters. The van der Waals surface area contributed by atoms with Gasteiger partial charge in [-0.3, -0.25) is 14.4 Å². The number of imidazole rings is 1. The van der Waals surface area contributed by atoms with Crippen molar-refractivity contribution in [2.75, 3.05) is 13.1 Å². The van der Waals surface area contributed by atoms with E-state index in [1.807, 2.05) is 55.7 Å². The molecule has 0 aliphatic heterocycles. The number of nitrogens with one attached hydrogen (secondary N) is 3. The van der Waals surface area contributed by atoms with E-state index in [4.69, 9.17) is 9.72 Å². The van der Waals surface area contributed by atoms with Gasteiger partial charge in [0.05, 0.1) is 11.7 Å². The molecule has 1 heterocycles. The minimum absolute atomic E-state index is 0.0133. The molecule has 0 spiro atoms. The van der Waals surface area contributed by atoms with Crippen LogP contribution in [0.15, 0.2) is 54.7 Å². The molecule has 0 saturated heterocycles. The number of carbonyl (C=O) groups is 4. The molecule has 11 nitrogen and oxygen atoms in total. The lowest BCUT2D eigenvalue weighted by atomic mass is 9.84. The third kappa shape index (κ3) is 11.9. The van der Waals surface area contributed by atoms with Gasteiger partial charge in [-0.2, -0.15) is 0 Å². The molecule has 0 fully saturated rings. The Morgan fingerprint density at radius 3 is 2.15 bits per heavy atom. The Morgan fingerprint density at radius 1 is 0.923 bits per heavy atom. The van der Waals surface area contributed by atoms with Crippen molar-refractivity contribution in [2.45, 2.75) is 106 Å². The van der Waals surface area contributed by atoms with E-state index in [1.165, 1.54) is 6.92 Å². The number of amides is 4. The molecule has 1 aromatic heterocycles. The number of rotatable bonds is 14. The van der Waals surface area contributed by atoms with Crippen LogP contribution >= 0.6 is 0 Å². The molecular weight excluding hydrogens is 670 g/mol. The monoisotopic (exact) mass is 724 g/mol. The largest absolute Gasteiger partial charge is 0.444 e. The summed E-state index contributed by atoms with van der Waals surface area (Å²) in [5, 5.41) is 8.06. The van der Waals surface area contributed by atoms with Gasteiger partial charge in [-0.25, -0.2) is 18.6 Å². The molecule has 0 saturated carbocycles. The molecule has 3 aromatic rings. The summed E-state index contributed by atoms with van der Waals surface area (Å²) in [6.07, 6.45) is 1.32. The maximum absolute atomic E-state index is 15.0.